The predicted octanol–water partition coefficient (Wildman–Crippen LogP) is 0.834. The van der Waals surface area contributed by atoms with Gasteiger partial charge in [0.25, 0.3) is 0 Å². The van der Waals surface area contributed by atoms with Crippen molar-refractivity contribution in [1.29, 1.82) is 0 Å². The van der Waals surface area contributed by atoms with Crippen molar-refractivity contribution in [3.05, 3.63) is 0 Å². The Morgan fingerprint density at radius 2 is 1.94 bits per heavy atom. The minimum atomic E-state index is 0.237. The first kappa shape index (κ1) is 13.8. The van der Waals surface area contributed by atoms with Crippen LogP contribution in [0.2, 0.25) is 0 Å². The highest BCUT2D eigenvalue weighted by Crippen LogP contribution is 2.29. The summed E-state index contributed by atoms with van der Waals surface area (Å²) in [5, 5.41) is 6.49. The van der Waals surface area contributed by atoms with Crippen LogP contribution in [0.3, 0.4) is 0 Å². The van der Waals surface area contributed by atoms with Gasteiger partial charge in [0.2, 0.25) is 5.91 Å². The van der Waals surface area contributed by atoms with E-state index in [1.54, 1.807) is 0 Å². The monoisotopic (exact) mass is 253 g/mol. The third-order valence-electron chi connectivity index (χ3n) is 4.59. The number of nitrogens with one attached hydrogen (secondary N) is 2. The number of amides is 1. The summed E-state index contributed by atoms with van der Waals surface area (Å²) in [5.41, 5.74) is 0.301. The summed E-state index contributed by atoms with van der Waals surface area (Å²) in [5.74, 6) is 0.512. The van der Waals surface area contributed by atoms with Crippen LogP contribution in [0.15, 0.2) is 0 Å². The lowest BCUT2D eigenvalue weighted by Gasteiger charge is -2.38. The van der Waals surface area contributed by atoms with E-state index in [0.29, 0.717) is 5.41 Å². The number of carbonyl (C=O) groups excluding carboxylic acids is 1. The topological polar surface area (TPSA) is 44.4 Å². The van der Waals surface area contributed by atoms with Gasteiger partial charge in [-0.3, -0.25) is 4.79 Å². The summed E-state index contributed by atoms with van der Waals surface area (Å²) in [7, 11) is 2.17. The molecule has 0 aliphatic carbocycles. The fourth-order valence-electron chi connectivity index (χ4n) is 2.86. The number of carbonyl (C=O) groups is 1. The number of rotatable bonds is 3. The zero-order valence-electron chi connectivity index (χ0n) is 11.8. The Bertz CT molecular complexity index is 279. The fourth-order valence-corrected chi connectivity index (χ4v) is 2.86. The average molecular weight is 253 g/mol. The van der Waals surface area contributed by atoms with Crippen molar-refractivity contribution in [3.63, 3.8) is 0 Å². The molecule has 4 nitrogen and oxygen atoms in total. The van der Waals surface area contributed by atoms with E-state index in [-0.39, 0.29) is 11.8 Å². The maximum atomic E-state index is 12.1. The number of hydrogen-bond donors (Lipinski definition) is 2. The Hall–Kier alpha value is -0.610. The van der Waals surface area contributed by atoms with Gasteiger partial charge in [0.1, 0.15) is 0 Å². The average Bonchev–Trinajstić information content (AvgIpc) is 2.41. The lowest BCUT2D eigenvalue weighted by molar-refractivity contribution is -0.126. The molecular weight excluding hydrogens is 226 g/mol. The van der Waals surface area contributed by atoms with Crippen molar-refractivity contribution in [2.45, 2.75) is 32.6 Å². The Balaban J connectivity index is 1.74. The molecule has 0 aromatic rings. The molecule has 2 fully saturated rings. The van der Waals surface area contributed by atoms with Crippen molar-refractivity contribution in [2.75, 3.05) is 39.8 Å². The maximum absolute atomic E-state index is 12.1. The summed E-state index contributed by atoms with van der Waals surface area (Å²) in [4.78, 5) is 14.5. The van der Waals surface area contributed by atoms with Gasteiger partial charge in [0.05, 0.1) is 0 Å². The van der Waals surface area contributed by atoms with Crippen LogP contribution < -0.4 is 10.6 Å². The molecule has 18 heavy (non-hydrogen) atoms. The molecule has 2 aliphatic rings. The highest BCUT2D eigenvalue weighted by molar-refractivity contribution is 5.78. The van der Waals surface area contributed by atoms with E-state index in [1.165, 1.54) is 12.8 Å². The number of piperidine rings is 2. The van der Waals surface area contributed by atoms with Crippen LogP contribution in [0.4, 0.5) is 0 Å². The van der Waals surface area contributed by atoms with Crippen LogP contribution in [0, 0.1) is 11.3 Å². The van der Waals surface area contributed by atoms with E-state index in [1.807, 2.05) is 0 Å². The molecule has 0 bridgehead atoms. The van der Waals surface area contributed by atoms with Crippen LogP contribution in [0.1, 0.15) is 32.6 Å². The SMILES string of the molecule is CN1CCC(C)(CNC(=O)C2CCNCC2)CC1. The summed E-state index contributed by atoms with van der Waals surface area (Å²) in [6.45, 7) is 7.44. The summed E-state index contributed by atoms with van der Waals surface area (Å²) in [6, 6.07) is 0. The Labute approximate surface area is 110 Å². The normalized spacial score (nSPS) is 25.9. The molecular formula is C14H27N3O. The van der Waals surface area contributed by atoms with E-state index in [0.717, 1.165) is 45.6 Å². The Kier molecular flexibility index (Phi) is 4.62. The van der Waals surface area contributed by atoms with E-state index in [4.69, 9.17) is 0 Å². The Morgan fingerprint density at radius 3 is 2.56 bits per heavy atom. The lowest BCUT2D eigenvalue weighted by atomic mass is 9.80. The molecule has 2 saturated heterocycles. The molecule has 0 aromatic carbocycles. The van der Waals surface area contributed by atoms with Gasteiger partial charge in [0.15, 0.2) is 0 Å². The second-order valence-electron chi connectivity index (χ2n) is 6.36. The molecule has 2 aliphatic heterocycles. The van der Waals surface area contributed by atoms with E-state index >= 15 is 0 Å². The van der Waals surface area contributed by atoms with Gasteiger partial charge in [-0.25, -0.2) is 0 Å². The highest BCUT2D eigenvalue weighted by Gasteiger charge is 2.30. The number of nitrogens with zero attached hydrogens (tertiary/aromatic N) is 1. The van der Waals surface area contributed by atoms with Gasteiger partial charge in [-0.2, -0.15) is 0 Å². The molecule has 2 N–H and O–H groups in total. The molecule has 104 valence electrons. The standard InChI is InChI=1S/C14H27N3O/c1-14(5-9-17(2)10-6-14)11-16-13(18)12-3-7-15-8-4-12/h12,15H,3-11H2,1-2H3,(H,16,18). The van der Waals surface area contributed by atoms with E-state index < -0.39 is 0 Å². The third-order valence-corrected chi connectivity index (χ3v) is 4.59. The van der Waals surface area contributed by atoms with Gasteiger partial charge in [-0.1, -0.05) is 6.92 Å². The minimum Gasteiger partial charge on any atom is -0.355 e. The third kappa shape index (κ3) is 3.69. The van der Waals surface area contributed by atoms with Crippen LogP contribution in [0.25, 0.3) is 0 Å². The number of likely N-dealkylation sites (tertiary alicyclic amines) is 1. The first-order valence-electron chi connectivity index (χ1n) is 7.26. The summed E-state index contributed by atoms with van der Waals surface area (Å²) < 4.78 is 0. The first-order chi connectivity index (χ1) is 8.59. The van der Waals surface area contributed by atoms with Gasteiger partial charge in [-0.05, 0) is 64.3 Å². The predicted molar refractivity (Wildman–Crippen MR) is 73.4 cm³/mol. The van der Waals surface area contributed by atoms with Gasteiger partial charge < -0.3 is 15.5 Å². The van der Waals surface area contributed by atoms with Crippen LogP contribution >= 0.6 is 0 Å². The van der Waals surface area contributed by atoms with Crippen molar-refractivity contribution in [2.24, 2.45) is 11.3 Å². The largest absolute Gasteiger partial charge is 0.355 e. The zero-order valence-corrected chi connectivity index (χ0v) is 11.8. The van der Waals surface area contributed by atoms with E-state index in [2.05, 4.69) is 29.5 Å². The zero-order chi connectivity index (χ0) is 13.0. The fraction of sp³-hybridized carbons (Fsp3) is 0.929. The Morgan fingerprint density at radius 1 is 1.33 bits per heavy atom. The van der Waals surface area contributed by atoms with E-state index in [9.17, 15) is 4.79 Å². The van der Waals surface area contributed by atoms with Gasteiger partial charge in [0, 0.05) is 12.5 Å². The molecule has 0 unspecified atom stereocenters. The minimum absolute atomic E-state index is 0.237. The van der Waals surface area contributed by atoms with Crippen LogP contribution in [0.5, 0.6) is 0 Å². The van der Waals surface area contributed by atoms with Crippen molar-refractivity contribution in [3.8, 4) is 0 Å². The smallest absolute Gasteiger partial charge is 0.223 e. The van der Waals surface area contributed by atoms with Crippen molar-refractivity contribution < 1.29 is 4.79 Å². The summed E-state index contributed by atoms with van der Waals surface area (Å²) in [6.07, 6.45) is 4.36. The van der Waals surface area contributed by atoms with Crippen molar-refractivity contribution >= 4 is 5.91 Å². The molecule has 0 radical (unpaired) electrons. The second kappa shape index (κ2) is 6.02. The molecule has 4 heteroatoms. The molecule has 0 atom stereocenters. The van der Waals surface area contributed by atoms with Crippen LogP contribution in [-0.4, -0.2) is 50.6 Å². The second-order valence-corrected chi connectivity index (χ2v) is 6.36. The lowest BCUT2D eigenvalue weighted by Crippen LogP contribution is -2.46. The van der Waals surface area contributed by atoms with Crippen molar-refractivity contribution in [1.82, 2.24) is 15.5 Å². The maximum Gasteiger partial charge on any atom is 0.223 e. The van der Waals surface area contributed by atoms with Gasteiger partial charge in [-0.15, -0.1) is 0 Å². The molecule has 2 heterocycles. The van der Waals surface area contributed by atoms with Gasteiger partial charge >= 0.3 is 0 Å². The molecule has 2 rings (SSSR count). The highest BCUT2D eigenvalue weighted by atomic mass is 16.1. The summed E-state index contributed by atoms with van der Waals surface area (Å²) >= 11 is 0. The first-order valence-corrected chi connectivity index (χ1v) is 7.26. The molecule has 0 spiro atoms. The number of hydrogen-bond acceptors (Lipinski definition) is 3. The molecule has 0 aromatic heterocycles. The molecule has 1 amide bonds. The quantitative estimate of drug-likeness (QED) is 0.783. The molecule has 0 saturated carbocycles. The van der Waals surface area contributed by atoms with Crippen LogP contribution in [-0.2, 0) is 4.79 Å².